The third kappa shape index (κ3) is 2.55. The van der Waals surface area contributed by atoms with Gasteiger partial charge in [0, 0.05) is 22.8 Å². The van der Waals surface area contributed by atoms with Gasteiger partial charge in [0.05, 0.1) is 0 Å². The summed E-state index contributed by atoms with van der Waals surface area (Å²) in [6.45, 7) is 3.61. The molecule has 0 fully saturated rings. The van der Waals surface area contributed by atoms with Crippen LogP contribution in [0.4, 0.5) is 0 Å². The lowest BCUT2D eigenvalue weighted by Gasteiger charge is -2.36. The quantitative estimate of drug-likeness (QED) is 0.505. The molecule has 0 N–H and O–H groups in total. The molecule has 4 rings (SSSR count). The predicted octanol–water partition coefficient (Wildman–Crippen LogP) is 4.81. The Morgan fingerprint density at radius 3 is 1.85 bits per heavy atom. The molecule has 3 aromatic carbocycles. The van der Waals surface area contributed by atoms with E-state index in [4.69, 9.17) is 4.74 Å². The van der Waals surface area contributed by atoms with E-state index >= 15 is 0 Å². The fourth-order valence-corrected chi connectivity index (χ4v) is 3.92. The molecule has 128 valence electrons. The highest BCUT2D eigenvalue weighted by molar-refractivity contribution is 5.82. The average molecular weight is 340 g/mol. The van der Waals surface area contributed by atoms with Gasteiger partial charge in [-0.05, 0) is 24.0 Å². The van der Waals surface area contributed by atoms with Gasteiger partial charge in [0.2, 0.25) is 0 Å². The highest BCUT2D eigenvalue weighted by atomic mass is 16.6. The summed E-state index contributed by atoms with van der Waals surface area (Å²) in [6.07, 6.45) is 3.06. The van der Waals surface area contributed by atoms with E-state index in [9.17, 15) is 4.79 Å². The molecule has 0 spiro atoms. The third-order valence-electron chi connectivity index (χ3n) is 5.06. The van der Waals surface area contributed by atoms with Gasteiger partial charge in [0.25, 0.3) is 0 Å². The van der Waals surface area contributed by atoms with Crippen molar-refractivity contribution in [1.82, 2.24) is 0 Å². The maximum absolute atomic E-state index is 12.5. The van der Waals surface area contributed by atoms with Gasteiger partial charge in [0.1, 0.15) is 0 Å². The first-order valence-corrected chi connectivity index (χ1v) is 8.83. The zero-order valence-electron chi connectivity index (χ0n) is 14.5. The first kappa shape index (κ1) is 16.3. The van der Waals surface area contributed by atoms with Crippen molar-refractivity contribution in [3.8, 4) is 0 Å². The number of ether oxygens (including phenoxy) is 1. The van der Waals surface area contributed by atoms with Crippen LogP contribution in [0, 0.1) is 0 Å². The number of carbonyl (C=O) groups excluding carboxylic acids is 1. The summed E-state index contributed by atoms with van der Waals surface area (Å²) in [7, 11) is 0. The molecule has 3 aromatic rings. The lowest BCUT2D eigenvalue weighted by molar-refractivity contribution is -0.147. The van der Waals surface area contributed by atoms with E-state index in [0.29, 0.717) is 0 Å². The summed E-state index contributed by atoms with van der Waals surface area (Å²) in [5.41, 5.74) is 4.40. The van der Waals surface area contributed by atoms with Gasteiger partial charge in [-0.1, -0.05) is 85.4 Å². The number of benzene rings is 3. The Labute approximate surface area is 153 Å². The minimum atomic E-state index is -0.976. The Morgan fingerprint density at radius 2 is 1.31 bits per heavy atom. The van der Waals surface area contributed by atoms with Crippen molar-refractivity contribution in [2.75, 3.05) is 0 Å². The number of esters is 1. The molecular weight excluding hydrogens is 320 g/mol. The fourth-order valence-electron chi connectivity index (χ4n) is 3.92. The van der Waals surface area contributed by atoms with Crippen molar-refractivity contribution < 1.29 is 9.53 Å². The van der Waals surface area contributed by atoms with Crippen molar-refractivity contribution >= 4 is 5.97 Å². The molecule has 0 aromatic heterocycles. The van der Waals surface area contributed by atoms with Crippen molar-refractivity contribution in [2.45, 2.75) is 18.4 Å². The molecule has 1 aliphatic carbocycles. The molecule has 0 saturated carbocycles. The monoisotopic (exact) mass is 340 g/mol. The smallest absolute Gasteiger partial charge is 0.331 e. The van der Waals surface area contributed by atoms with Crippen molar-refractivity contribution in [1.29, 1.82) is 0 Å². The number of hydrogen-bond acceptors (Lipinski definition) is 2. The maximum atomic E-state index is 12.5. The number of fused-ring (bicyclic) bond motifs is 2. The van der Waals surface area contributed by atoms with Crippen molar-refractivity contribution in [2.24, 2.45) is 0 Å². The Bertz CT molecular complexity index is 909. The van der Waals surface area contributed by atoms with Gasteiger partial charge < -0.3 is 4.74 Å². The zero-order valence-corrected chi connectivity index (χ0v) is 14.5. The standard InChI is InChI=1S/C24H20O2/c1-2-23(25)26-24(20-12-4-3-5-13-20)21-14-8-6-10-18(21)16-17-19-11-7-9-15-22(19)24/h2-15H,1,16-17H2. The summed E-state index contributed by atoms with van der Waals surface area (Å²) >= 11 is 0. The third-order valence-corrected chi connectivity index (χ3v) is 5.06. The Balaban J connectivity index is 2.11. The van der Waals surface area contributed by atoms with Crippen LogP contribution < -0.4 is 0 Å². The Morgan fingerprint density at radius 1 is 0.808 bits per heavy atom. The molecule has 0 unspecified atom stereocenters. The molecule has 2 nitrogen and oxygen atoms in total. The number of carbonyl (C=O) groups is 1. The molecule has 0 aliphatic heterocycles. The van der Waals surface area contributed by atoms with Crippen LogP contribution in [0.1, 0.15) is 27.8 Å². The minimum absolute atomic E-state index is 0.430. The molecule has 1 aliphatic rings. The van der Waals surface area contributed by atoms with E-state index in [1.54, 1.807) is 0 Å². The van der Waals surface area contributed by atoms with Crippen LogP contribution in [0.5, 0.6) is 0 Å². The topological polar surface area (TPSA) is 26.3 Å². The lowest BCUT2D eigenvalue weighted by Crippen LogP contribution is -2.35. The number of hydrogen-bond donors (Lipinski definition) is 0. The second-order valence-corrected chi connectivity index (χ2v) is 6.49. The van der Waals surface area contributed by atoms with Gasteiger partial charge >= 0.3 is 5.97 Å². The molecule has 0 amide bonds. The van der Waals surface area contributed by atoms with Crippen LogP contribution >= 0.6 is 0 Å². The molecule has 0 radical (unpaired) electrons. The van der Waals surface area contributed by atoms with E-state index < -0.39 is 11.6 Å². The van der Waals surface area contributed by atoms with Crippen LogP contribution in [-0.2, 0) is 28.0 Å². The van der Waals surface area contributed by atoms with Gasteiger partial charge in [0.15, 0.2) is 5.60 Å². The van der Waals surface area contributed by atoms with E-state index in [-0.39, 0.29) is 0 Å². The molecule has 0 atom stereocenters. The van der Waals surface area contributed by atoms with Crippen LogP contribution in [0.2, 0.25) is 0 Å². The second kappa shape index (κ2) is 6.64. The van der Waals surface area contributed by atoms with E-state index in [0.717, 1.165) is 29.5 Å². The highest BCUT2D eigenvalue weighted by Crippen LogP contribution is 2.45. The van der Waals surface area contributed by atoms with E-state index in [1.165, 1.54) is 17.2 Å². The van der Waals surface area contributed by atoms with Crippen molar-refractivity contribution in [3.63, 3.8) is 0 Å². The first-order chi connectivity index (χ1) is 12.8. The van der Waals surface area contributed by atoms with Crippen LogP contribution in [-0.4, -0.2) is 5.97 Å². The average Bonchev–Trinajstić information content (AvgIpc) is 2.85. The number of rotatable bonds is 3. The fraction of sp³-hybridized carbons (Fsp3) is 0.125. The Hall–Kier alpha value is -3.13. The normalized spacial score (nSPS) is 14.5. The minimum Gasteiger partial charge on any atom is -0.441 e. The summed E-state index contributed by atoms with van der Waals surface area (Å²) in [5, 5.41) is 0. The van der Waals surface area contributed by atoms with E-state index in [1.807, 2.05) is 54.6 Å². The van der Waals surface area contributed by atoms with Gasteiger partial charge in [-0.3, -0.25) is 0 Å². The van der Waals surface area contributed by atoms with Gasteiger partial charge in [-0.2, -0.15) is 0 Å². The summed E-state index contributed by atoms with van der Waals surface area (Å²) in [6, 6.07) is 26.5. The second-order valence-electron chi connectivity index (χ2n) is 6.49. The first-order valence-electron chi connectivity index (χ1n) is 8.83. The molecule has 2 heteroatoms. The largest absolute Gasteiger partial charge is 0.441 e. The molecule has 0 heterocycles. The SMILES string of the molecule is C=CC(=O)OC1(c2ccccc2)c2ccccc2CCc2ccccc21. The van der Waals surface area contributed by atoms with E-state index in [2.05, 4.69) is 30.8 Å². The van der Waals surface area contributed by atoms with Gasteiger partial charge in [-0.15, -0.1) is 0 Å². The summed E-state index contributed by atoms with van der Waals surface area (Å²) in [4.78, 5) is 12.5. The summed E-state index contributed by atoms with van der Waals surface area (Å²) < 4.78 is 6.19. The highest BCUT2D eigenvalue weighted by Gasteiger charge is 2.44. The van der Waals surface area contributed by atoms with Crippen LogP contribution in [0.3, 0.4) is 0 Å². The van der Waals surface area contributed by atoms with Gasteiger partial charge in [-0.25, -0.2) is 4.79 Å². The predicted molar refractivity (Wildman–Crippen MR) is 103 cm³/mol. The maximum Gasteiger partial charge on any atom is 0.331 e. The molecule has 0 saturated heterocycles. The summed E-state index contributed by atoms with van der Waals surface area (Å²) in [5.74, 6) is -0.430. The lowest BCUT2D eigenvalue weighted by atomic mass is 9.78. The zero-order chi connectivity index (χ0) is 18.0. The molecule has 0 bridgehead atoms. The van der Waals surface area contributed by atoms with Crippen LogP contribution in [0.15, 0.2) is 91.5 Å². The number of aryl methyl sites for hydroxylation is 2. The Kier molecular flexibility index (Phi) is 4.18. The van der Waals surface area contributed by atoms with Crippen molar-refractivity contribution in [3.05, 3.63) is 119 Å². The molecular formula is C24H20O2. The molecule has 26 heavy (non-hydrogen) atoms. The van der Waals surface area contributed by atoms with Crippen LogP contribution in [0.25, 0.3) is 0 Å².